The fourth-order valence-electron chi connectivity index (χ4n) is 1.82. The summed E-state index contributed by atoms with van der Waals surface area (Å²) in [5, 5.41) is 20.1. The highest BCUT2D eigenvalue weighted by Gasteiger charge is 2.21. The van der Waals surface area contributed by atoms with Crippen LogP contribution in [0.4, 0.5) is 11.4 Å². The summed E-state index contributed by atoms with van der Waals surface area (Å²) in [5.41, 5.74) is -0.399. The van der Waals surface area contributed by atoms with E-state index in [1.54, 1.807) is 12.1 Å². The highest BCUT2D eigenvalue weighted by atomic mass is 32.2. The number of phenolic OH excluding ortho intramolecular Hbond substituents is 1. The van der Waals surface area contributed by atoms with Gasteiger partial charge in [0.25, 0.3) is 10.0 Å². The monoisotopic (exact) mass is 338 g/mol. The van der Waals surface area contributed by atoms with Crippen LogP contribution >= 0.6 is 0 Å². The molecule has 0 saturated carbocycles. The molecule has 2 N–H and O–H groups in total. The average Bonchev–Trinajstić information content (AvgIpc) is 2.49. The third-order valence-electron chi connectivity index (χ3n) is 2.87. The molecule has 2 aromatic rings. The van der Waals surface area contributed by atoms with E-state index >= 15 is 0 Å². The lowest BCUT2D eigenvalue weighted by molar-refractivity contribution is -0.386. The molecule has 2 rings (SSSR count). The van der Waals surface area contributed by atoms with E-state index in [0.717, 1.165) is 18.2 Å². The van der Waals surface area contributed by atoms with Crippen LogP contribution in [0.3, 0.4) is 0 Å². The minimum atomic E-state index is -4.02. The van der Waals surface area contributed by atoms with Gasteiger partial charge >= 0.3 is 5.69 Å². The molecule has 0 unspecified atom stereocenters. The predicted molar refractivity (Wildman–Crippen MR) is 83.2 cm³/mol. The summed E-state index contributed by atoms with van der Waals surface area (Å²) in [6, 6.07) is 9.06. The maximum atomic E-state index is 12.3. The Morgan fingerprint density at radius 2 is 1.87 bits per heavy atom. The summed E-state index contributed by atoms with van der Waals surface area (Å²) in [5.74, 6) is -0.00858. The van der Waals surface area contributed by atoms with Crippen LogP contribution in [0, 0.1) is 10.1 Å². The van der Waals surface area contributed by atoms with Gasteiger partial charge in [-0.05, 0) is 43.3 Å². The maximum absolute atomic E-state index is 12.3. The maximum Gasteiger partial charge on any atom is 0.312 e. The summed E-state index contributed by atoms with van der Waals surface area (Å²) < 4.78 is 32.1. The normalized spacial score (nSPS) is 11.0. The molecule has 0 spiro atoms. The number of benzene rings is 2. The molecule has 0 heterocycles. The Labute approximate surface area is 132 Å². The molecule has 0 amide bonds. The summed E-state index contributed by atoms with van der Waals surface area (Å²) in [6.45, 7) is 2.32. The van der Waals surface area contributed by atoms with E-state index in [9.17, 15) is 23.6 Å². The predicted octanol–water partition coefficient (Wildman–Crippen LogP) is 2.50. The highest BCUT2D eigenvalue weighted by Crippen LogP contribution is 2.29. The van der Waals surface area contributed by atoms with E-state index in [-0.39, 0.29) is 10.6 Å². The van der Waals surface area contributed by atoms with Crippen molar-refractivity contribution in [2.75, 3.05) is 11.3 Å². The zero-order chi connectivity index (χ0) is 17.0. The van der Waals surface area contributed by atoms with Gasteiger partial charge in [0.05, 0.1) is 16.4 Å². The minimum absolute atomic E-state index is 0.282. The molecular weight excluding hydrogens is 324 g/mol. The van der Waals surface area contributed by atoms with Crippen molar-refractivity contribution in [1.82, 2.24) is 0 Å². The number of aromatic hydroxyl groups is 1. The van der Waals surface area contributed by atoms with Crippen LogP contribution in [0.25, 0.3) is 0 Å². The minimum Gasteiger partial charge on any atom is -0.502 e. The van der Waals surface area contributed by atoms with Crippen molar-refractivity contribution in [3.05, 3.63) is 52.6 Å². The van der Waals surface area contributed by atoms with Gasteiger partial charge in [-0.3, -0.25) is 14.8 Å². The molecule has 0 radical (unpaired) electrons. The molecule has 0 fully saturated rings. The van der Waals surface area contributed by atoms with E-state index in [1.807, 2.05) is 6.92 Å². The number of rotatable bonds is 6. The van der Waals surface area contributed by atoms with Gasteiger partial charge in [-0.1, -0.05) is 0 Å². The molecule has 0 saturated heterocycles. The van der Waals surface area contributed by atoms with Gasteiger partial charge in [0, 0.05) is 11.8 Å². The molecule has 8 nitrogen and oxygen atoms in total. The van der Waals surface area contributed by atoms with Gasteiger partial charge in [-0.15, -0.1) is 0 Å². The fourth-order valence-corrected chi connectivity index (χ4v) is 2.89. The van der Waals surface area contributed by atoms with Crippen LogP contribution < -0.4 is 9.46 Å². The first-order chi connectivity index (χ1) is 10.8. The molecule has 122 valence electrons. The van der Waals surface area contributed by atoms with Gasteiger partial charge in [0.1, 0.15) is 5.75 Å². The fraction of sp³-hybridized carbons (Fsp3) is 0.143. The second-order valence-corrected chi connectivity index (χ2v) is 6.15. The number of phenols is 1. The second-order valence-electron chi connectivity index (χ2n) is 4.47. The zero-order valence-corrected chi connectivity index (χ0v) is 12.9. The summed E-state index contributed by atoms with van der Waals surface area (Å²) in [6.07, 6.45) is 0. The number of anilines is 1. The molecule has 0 aliphatic heterocycles. The van der Waals surface area contributed by atoms with Crippen LogP contribution in [-0.4, -0.2) is 25.1 Å². The van der Waals surface area contributed by atoms with Crippen LogP contribution in [0.15, 0.2) is 47.4 Å². The van der Waals surface area contributed by atoms with Gasteiger partial charge in [0.15, 0.2) is 5.75 Å². The molecule has 0 aliphatic rings. The Bertz CT molecular complexity index is 818. The lowest BCUT2D eigenvalue weighted by Crippen LogP contribution is -2.13. The largest absolute Gasteiger partial charge is 0.502 e. The SMILES string of the molecule is CCOc1ccc(NS(=O)(=O)c2ccc(O)c([N+](=O)[O-])c2)cc1. The standard InChI is InChI=1S/C14H14N2O6S/c1-2-22-11-5-3-10(4-6-11)15-23(20,21)12-7-8-14(17)13(9-12)16(18)19/h3-9,15,17H,2H2,1H3. The van der Waals surface area contributed by atoms with Gasteiger partial charge in [-0.25, -0.2) is 8.42 Å². The van der Waals surface area contributed by atoms with Crippen molar-refractivity contribution >= 4 is 21.4 Å². The number of ether oxygens (including phenoxy) is 1. The quantitative estimate of drug-likeness (QED) is 0.617. The number of hydrogen-bond acceptors (Lipinski definition) is 6. The van der Waals surface area contributed by atoms with Crippen molar-refractivity contribution in [2.24, 2.45) is 0 Å². The number of hydrogen-bond donors (Lipinski definition) is 2. The molecule has 9 heteroatoms. The van der Waals surface area contributed by atoms with E-state index in [4.69, 9.17) is 4.74 Å². The molecule has 0 aromatic heterocycles. The van der Waals surface area contributed by atoms with Crippen molar-refractivity contribution in [3.63, 3.8) is 0 Å². The first-order valence-electron chi connectivity index (χ1n) is 6.56. The Morgan fingerprint density at radius 1 is 1.22 bits per heavy atom. The summed E-state index contributed by atoms with van der Waals surface area (Å²) in [4.78, 5) is 9.60. The first-order valence-corrected chi connectivity index (χ1v) is 8.05. The van der Waals surface area contributed by atoms with Crippen molar-refractivity contribution in [2.45, 2.75) is 11.8 Å². The molecule has 0 aliphatic carbocycles. The van der Waals surface area contributed by atoms with E-state index in [2.05, 4.69) is 4.72 Å². The average molecular weight is 338 g/mol. The van der Waals surface area contributed by atoms with Gasteiger partial charge in [0.2, 0.25) is 0 Å². The van der Waals surface area contributed by atoms with Crippen molar-refractivity contribution < 1.29 is 23.2 Å². The number of nitrogens with zero attached hydrogens (tertiary/aromatic N) is 1. The lowest BCUT2D eigenvalue weighted by atomic mass is 10.3. The highest BCUT2D eigenvalue weighted by molar-refractivity contribution is 7.92. The Morgan fingerprint density at radius 3 is 2.43 bits per heavy atom. The molecule has 0 atom stereocenters. The van der Waals surface area contributed by atoms with Gasteiger partial charge < -0.3 is 9.84 Å². The first kappa shape index (κ1) is 16.6. The smallest absolute Gasteiger partial charge is 0.312 e. The van der Waals surface area contributed by atoms with Crippen LogP contribution in [-0.2, 0) is 10.0 Å². The Kier molecular flexibility index (Phi) is 4.70. The van der Waals surface area contributed by atoms with Crippen molar-refractivity contribution in [1.29, 1.82) is 0 Å². The van der Waals surface area contributed by atoms with Crippen LogP contribution in [0.1, 0.15) is 6.92 Å². The lowest BCUT2D eigenvalue weighted by Gasteiger charge is -2.09. The number of sulfonamides is 1. The zero-order valence-electron chi connectivity index (χ0n) is 12.1. The van der Waals surface area contributed by atoms with E-state index in [1.165, 1.54) is 12.1 Å². The molecule has 23 heavy (non-hydrogen) atoms. The molecular formula is C14H14N2O6S. The summed E-state index contributed by atoms with van der Waals surface area (Å²) in [7, 11) is -4.02. The topological polar surface area (TPSA) is 119 Å². The number of nitro groups is 1. The molecule has 0 bridgehead atoms. The van der Waals surface area contributed by atoms with Crippen LogP contribution in [0.5, 0.6) is 11.5 Å². The van der Waals surface area contributed by atoms with Crippen LogP contribution in [0.2, 0.25) is 0 Å². The van der Waals surface area contributed by atoms with E-state index in [0.29, 0.717) is 12.4 Å². The van der Waals surface area contributed by atoms with Gasteiger partial charge in [-0.2, -0.15) is 0 Å². The summed E-state index contributed by atoms with van der Waals surface area (Å²) >= 11 is 0. The number of nitro benzene ring substituents is 1. The van der Waals surface area contributed by atoms with E-state index < -0.39 is 26.4 Å². The van der Waals surface area contributed by atoms with Crippen molar-refractivity contribution in [3.8, 4) is 11.5 Å². The second kappa shape index (κ2) is 6.53. The molecule has 2 aromatic carbocycles. The number of nitrogens with one attached hydrogen (secondary N) is 1. The third kappa shape index (κ3) is 3.89. The third-order valence-corrected chi connectivity index (χ3v) is 4.25. The Balaban J connectivity index is 2.28. The Hall–Kier alpha value is -2.81.